The van der Waals surface area contributed by atoms with Gasteiger partial charge in [0.05, 0.1) is 6.61 Å². The van der Waals surface area contributed by atoms with Gasteiger partial charge in [-0.25, -0.2) is 13.8 Å². The number of thiophene rings is 1. The molecule has 1 N–H and O–H groups in total. The monoisotopic (exact) mass is 518 g/mol. The van der Waals surface area contributed by atoms with Gasteiger partial charge in [-0.3, -0.25) is 9.59 Å². The molecule has 11 heteroatoms. The minimum atomic E-state index is -1.13. The van der Waals surface area contributed by atoms with E-state index in [4.69, 9.17) is 14.6 Å². The van der Waals surface area contributed by atoms with Crippen LogP contribution in [0.3, 0.4) is 0 Å². The first-order chi connectivity index (χ1) is 16.9. The highest BCUT2D eigenvalue weighted by atomic mass is 32.1. The van der Waals surface area contributed by atoms with E-state index in [1.165, 1.54) is 35.8 Å². The lowest BCUT2D eigenvalue weighted by atomic mass is 10.0. The Morgan fingerprint density at radius 1 is 1.14 bits per heavy atom. The molecule has 35 heavy (non-hydrogen) atoms. The van der Waals surface area contributed by atoms with Crippen LogP contribution >= 0.6 is 22.7 Å². The quantitative estimate of drug-likeness (QED) is 0.316. The minimum Gasteiger partial charge on any atom is -0.486 e. The van der Waals surface area contributed by atoms with E-state index in [1.807, 2.05) is 0 Å². The van der Waals surface area contributed by atoms with Crippen molar-refractivity contribution in [2.75, 3.05) is 26.8 Å². The first kappa shape index (κ1) is 24.7. The zero-order chi connectivity index (χ0) is 24.9. The Labute approximate surface area is 207 Å². The van der Waals surface area contributed by atoms with Crippen LogP contribution in [0.1, 0.15) is 15.5 Å². The first-order valence-electron chi connectivity index (χ1n) is 10.4. The van der Waals surface area contributed by atoms with Crippen LogP contribution in [0.25, 0.3) is 21.2 Å². The molecule has 182 valence electrons. The average molecular weight is 519 g/mol. The summed E-state index contributed by atoms with van der Waals surface area (Å²) in [6, 6.07) is 9.71. The smallest absolute Gasteiger partial charge is 0.323 e. The summed E-state index contributed by atoms with van der Waals surface area (Å²) in [7, 11) is 1.47. The van der Waals surface area contributed by atoms with E-state index in [9.17, 15) is 18.4 Å². The van der Waals surface area contributed by atoms with Crippen molar-refractivity contribution in [1.82, 2.24) is 9.88 Å². The maximum absolute atomic E-state index is 14.0. The number of thiazole rings is 1. The van der Waals surface area contributed by atoms with Crippen LogP contribution in [-0.4, -0.2) is 53.7 Å². The zero-order valence-corrected chi connectivity index (χ0v) is 20.1. The molecule has 0 aliphatic carbocycles. The van der Waals surface area contributed by atoms with Gasteiger partial charge in [0.15, 0.2) is 11.6 Å². The minimum absolute atomic E-state index is 0.106. The zero-order valence-electron chi connectivity index (χ0n) is 18.5. The van der Waals surface area contributed by atoms with Crippen molar-refractivity contribution in [1.29, 1.82) is 0 Å². The van der Waals surface area contributed by atoms with Crippen molar-refractivity contribution in [3.8, 4) is 16.9 Å². The number of carboxylic acid groups (broad SMARTS) is 1. The number of hydrogen-bond donors (Lipinski definition) is 1. The Morgan fingerprint density at radius 3 is 2.63 bits per heavy atom. The standard InChI is InChI=1S/C24H20F2N2O5S2/c1-32-8-7-28(11-21(29)30)24(31)19-13-35-20(27-19)12-33-15-4-2-14(3-5-15)17-10-18(25)22(26)16-6-9-34-23(16)17/h2-6,9-10,13H,7-8,11-12H2,1H3,(H,29,30). The highest BCUT2D eigenvalue weighted by molar-refractivity contribution is 7.17. The SMILES string of the molecule is COCCN(CC(=O)O)C(=O)c1csc(COc2ccc(-c3cc(F)c(F)c4ccsc34)cc2)n1. The molecule has 0 saturated carbocycles. The van der Waals surface area contributed by atoms with Crippen LogP contribution in [-0.2, 0) is 16.1 Å². The number of aliphatic carboxylic acids is 1. The lowest BCUT2D eigenvalue weighted by Crippen LogP contribution is -2.38. The topological polar surface area (TPSA) is 89.0 Å². The van der Waals surface area contributed by atoms with E-state index >= 15 is 0 Å². The molecule has 2 aromatic carbocycles. The van der Waals surface area contributed by atoms with Crippen molar-refractivity contribution in [3.63, 3.8) is 0 Å². The van der Waals surface area contributed by atoms with Gasteiger partial charge in [0.2, 0.25) is 0 Å². The summed E-state index contributed by atoms with van der Waals surface area (Å²) in [5.41, 5.74) is 1.46. The second-order valence-corrected chi connectivity index (χ2v) is 9.29. The summed E-state index contributed by atoms with van der Waals surface area (Å²) in [5.74, 6) is -2.84. The molecule has 0 fully saturated rings. The lowest BCUT2D eigenvalue weighted by Gasteiger charge is -2.18. The van der Waals surface area contributed by atoms with E-state index in [2.05, 4.69) is 4.98 Å². The van der Waals surface area contributed by atoms with Crippen molar-refractivity contribution in [2.45, 2.75) is 6.61 Å². The molecule has 2 heterocycles. The van der Waals surface area contributed by atoms with E-state index < -0.39 is 30.1 Å². The second kappa shape index (κ2) is 10.9. The Kier molecular flexibility index (Phi) is 7.69. The maximum Gasteiger partial charge on any atom is 0.323 e. The number of hydrogen-bond acceptors (Lipinski definition) is 7. The first-order valence-corrected chi connectivity index (χ1v) is 12.2. The third-order valence-corrected chi connectivity index (χ3v) is 6.87. The highest BCUT2D eigenvalue weighted by Crippen LogP contribution is 2.36. The number of carboxylic acids is 1. The lowest BCUT2D eigenvalue weighted by molar-refractivity contribution is -0.137. The Morgan fingerprint density at radius 2 is 1.91 bits per heavy atom. The average Bonchev–Trinajstić information content (AvgIpc) is 3.53. The van der Waals surface area contributed by atoms with Crippen molar-refractivity contribution in [2.24, 2.45) is 0 Å². The molecule has 4 aromatic rings. The number of nitrogens with zero attached hydrogens (tertiary/aromatic N) is 2. The van der Waals surface area contributed by atoms with Crippen LogP contribution in [0.15, 0.2) is 47.2 Å². The molecule has 0 atom stereocenters. The van der Waals surface area contributed by atoms with Gasteiger partial charge in [-0.1, -0.05) is 12.1 Å². The molecule has 0 bridgehead atoms. The number of benzene rings is 2. The number of ether oxygens (including phenoxy) is 2. The molecular formula is C24H20F2N2O5S2. The molecule has 0 aliphatic heterocycles. The van der Waals surface area contributed by atoms with Gasteiger partial charge < -0.3 is 19.5 Å². The molecule has 0 saturated heterocycles. The Balaban J connectivity index is 1.42. The fourth-order valence-electron chi connectivity index (χ4n) is 3.42. The van der Waals surface area contributed by atoms with Crippen LogP contribution in [0.2, 0.25) is 0 Å². The number of aromatic nitrogens is 1. The molecule has 0 aliphatic rings. The molecule has 0 radical (unpaired) electrons. The number of rotatable bonds is 10. The Bertz CT molecular complexity index is 1350. The fraction of sp³-hybridized carbons (Fsp3) is 0.208. The molecule has 0 spiro atoms. The van der Waals surface area contributed by atoms with Gasteiger partial charge in [0.25, 0.3) is 5.91 Å². The summed E-state index contributed by atoms with van der Waals surface area (Å²) in [6.45, 7) is -0.00691. The van der Waals surface area contributed by atoms with Crippen molar-refractivity contribution in [3.05, 3.63) is 69.5 Å². The van der Waals surface area contributed by atoms with Crippen molar-refractivity contribution >= 4 is 44.6 Å². The van der Waals surface area contributed by atoms with E-state index in [0.717, 1.165) is 10.5 Å². The summed E-state index contributed by atoms with van der Waals surface area (Å²) in [6.07, 6.45) is 0. The van der Waals surface area contributed by atoms with Gasteiger partial charge in [-0.2, -0.15) is 0 Å². The molecule has 7 nitrogen and oxygen atoms in total. The van der Waals surface area contributed by atoms with Crippen LogP contribution in [0, 0.1) is 11.6 Å². The third-order valence-electron chi connectivity index (χ3n) is 5.10. The largest absolute Gasteiger partial charge is 0.486 e. The molecule has 1 amide bonds. The van der Waals surface area contributed by atoms with Crippen LogP contribution < -0.4 is 4.74 Å². The molecule has 0 unspecified atom stereocenters. The Hall–Kier alpha value is -3.41. The highest BCUT2D eigenvalue weighted by Gasteiger charge is 2.21. The maximum atomic E-state index is 14.0. The summed E-state index contributed by atoms with van der Waals surface area (Å²) in [5, 5.41) is 13.1. The van der Waals surface area contributed by atoms with Gasteiger partial charge in [-0.15, -0.1) is 22.7 Å². The van der Waals surface area contributed by atoms with E-state index in [-0.39, 0.29) is 30.8 Å². The van der Waals surface area contributed by atoms with Gasteiger partial charge in [0.1, 0.15) is 29.6 Å². The normalized spacial score (nSPS) is 11.1. The van der Waals surface area contributed by atoms with E-state index in [1.54, 1.807) is 41.1 Å². The summed E-state index contributed by atoms with van der Waals surface area (Å²) in [4.78, 5) is 29.1. The number of amides is 1. The second-order valence-electron chi connectivity index (χ2n) is 7.44. The number of carbonyl (C=O) groups is 2. The molecule has 4 rings (SSSR count). The number of carbonyl (C=O) groups excluding carboxylic acids is 1. The van der Waals surface area contributed by atoms with Crippen LogP contribution in [0.5, 0.6) is 5.75 Å². The van der Waals surface area contributed by atoms with E-state index in [0.29, 0.717) is 21.0 Å². The number of halogens is 2. The summed E-state index contributed by atoms with van der Waals surface area (Å²) >= 11 is 2.57. The molecular weight excluding hydrogens is 498 g/mol. The third kappa shape index (κ3) is 5.64. The van der Waals surface area contributed by atoms with Crippen LogP contribution in [0.4, 0.5) is 8.78 Å². The summed E-state index contributed by atoms with van der Waals surface area (Å²) < 4.78 is 39.4. The number of methoxy groups -OCH3 is 1. The van der Waals surface area contributed by atoms with Gasteiger partial charge >= 0.3 is 5.97 Å². The van der Waals surface area contributed by atoms with Gasteiger partial charge in [0, 0.05) is 34.7 Å². The predicted octanol–water partition coefficient (Wildman–Crippen LogP) is 5.06. The predicted molar refractivity (Wildman–Crippen MR) is 129 cm³/mol. The van der Waals surface area contributed by atoms with Crippen molar-refractivity contribution < 1.29 is 33.0 Å². The fourth-order valence-corrected chi connectivity index (χ4v) is 5.03. The number of fused-ring (bicyclic) bond motifs is 1. The van der Waals surface area contributed by atoms with Gasteiger partial charge in [-0.05, 0) is 35.2 Å². The molecule has 2 aromatic heterocycles.